The first-order valence-corrected chi connectivity index (χ1v) is 7.65. The molecule has 0 aromatic heterocycles. The van der Waals surface area contributed by atoms with E-state index in [2.05, 4.69) is 10.6 Å². The average molecular weight is 474 g/mol. The molecule has 4 nitrogen and oxygen atoms in total. The van der Waals surface area contributed by atoms with Crippen LogP contribution in [0.5, 0.6) is 11.5 Å². The minimum Gasteiger partial charge on any atom is -1.00 e. The van der Waals surface area contributed by atoms with Crippen LogP contribution in [0.3, 0.4) is 0 Å². The molecular formula is C17H20Cl3N2O2SV. The smallest absolute Gasteiger partial charge is 1.00 e. The van der Waals surface area contributed by atoms with Crippen LogP contribution < -0.4 is 57.3 Å². The Balaban J connectivity index is -0.00000132. The van der Waals surface area contributed by atoms with Crippen molar-refractivity contribution in [1.82, 2.24) is 0 Å². The zero-order valence-corrected chi connectivity index (χ0v) is 18.8. The Hall–Kier alpha value is -0.816. The van der Waals surface area contributed by atoms with Crippen molar-refractivity contribution in [3.05, 3.63) is 48.5 Å². The molecule has 142 valence electrons. The van der Waals surface area contributed by atoms with E-state index in [1.165, 1.54) is 0 Å². The number of hydrogen-bond donors (Lipinski definition) is 2. The number of benzene rings is 2. The van der Waals surface area contributed by atoms with Crippen molar-refractivity contribution in [1.29, 1.82) is 0 Å². The van der Waals surface area contributed by atoms with Gasteiger partial charge in [0.05, 0.1) is 13.2 Å². The summed E-state index contributed by atoms with van der Waals surface area (Å²) in [6.45, 7) is 5.24. The molecule has 2 aromatic carbocycles. The van der Waals surface area contributed by atoms with Gasteiger partial charge in [0.1, 0.15) is 11.5 Å². The monoisotopic (exact) mass is 472 g/mol. The molecule has 0 saturated carbocycles. The van der Waals surface area contributed by atoms with Gasteiger partial charge < -0.3 is 57.3 Å². The third-order valence-electron chi connectivity index (χ3n) is 2.85. The normalized spacial score (nSPS) is 8.38. The van der Waals surface area contributed by atoms with Crippen LogP contribution in [-0.4, -0.2) is 18.3 Å². The minimum atomic E-state index is 0. The summed E-state index contributed by atoms with van der Waals surface area (Å²) in [7, 11) is 0. The zero-order valence-electron chi connectivity index (χ0n) is 14.3. The molecule has 2 N–H and O–H groups in total. The molecule has 2 rings (SSSR count). The number of thiocarbonyl (C=S) groups is 1. The molecule has 0 bridgehead atoms. The van der Waals surface area contributed by atoms with Crippen LogP contribution in [0.15, 0.2) is 48.5 Å². The van der Waals surface area contributed by atoms with E-state index in [0.717, 1.165) is 22.9 Å². The molecule has 0 atom stereocenters. The number of ether oxygens (including phenoxy) is 2. The van der Waals surface area contributed by atoms with E-state index in [4.69, 9.17) is 21.7 Å². The van der Waals surface area contributed by atoms with Gasteiger partial charge in [0.2, 0.25) is 0 Å². The predicted octanol–water partition coefficient (Wildman–Crippen LogP) is -4.70. The summed E-state index contributed by atoms with van der Waals surface area (Å²) in [4.78, 5) is 0. The number of anilines is 2. The fourth-order valence-electron chi connectivity index (χ4n) is 1.90. The fourth-order valence-corrected chi connectivity index (χ4v) is 2.13. The molecule has 0 aliphatic heterocycles. The van der Waals surface area contributed by atoms with E-state index >= 15 is 0 Å². The topological polar surface area (TPSA) is 42.5 Å². The van der Waals surface area contributed by atoms with Gasteiger partial charge in [-0.25, -0.2) is 0 Å². The number of hydrogen-bond acceptors (Lipinski definition) is 3. The fraction of sp³-hybridized carbons (Fsp3) is 0.235. The summed E-state index contributed by atoms with van der Waals surface area (Å²) >= 11 is 5.30. The first-order chi connectivity index (χ1) is 10.7. The molecule has 0 unspecified atom stereocenters. The maximum absolute atomic E-state index is 5.40. The van der Waals surface area contributed by atoms with Crippen LogP contribution in [0.4, 0.5) is 11.4 Å². The van der Waals surface area contributed by atoms with Crippen LogP contribution in [0.1, 0.15) is 13.8 Å². The number of rotatable bonds is 6. The van der Waals surface area contributed by atoms with Crippen LogP contribution in [-0.2, 0) is 18.6 Å². The predicted molar refractivity (Wildman–Crippen MR) is 95.1 cm³/mol. The number of halogens is 3. The third-order valence-corrected chi connectivity index (χ3v) is 3.05. The molecular weight excluding hydrogens is 454 g/mol. The Morgan fingerprint density at radius 3 is 1.31 bits per heavy atom. The van der Waals surface area contributed by atoms with Crippen molar-refractivity contribution in [3.63, 3.8) is 0 Å². The summed E-state index contributed by atoms with van der Waals surface area (Å²) in [5, 5.41) is 6.80. The Bertz CT molecular complexity index is 563. The molecule has 0 radical (unpaired) electrons. The van der Waals surface area contributed by atoms with Gasteiger partial charge in [0.15, 0.2) is 5.11 Å². The van der Waals surface area contributed by atoms with Crippen molar-refractivity contribution >= 4 is 28.7 Å². The van der Waals surface area contributed by atoms with Gasteiger partial charge in [-0.15, -0.1) is 0 Å². The van der Waals surface area contributed by atoms with E-state index in [1.807, 2.05) is 62.4 Å². The summed E-state index contributed by atoms with van der Waals surface area (Å²) in [6, 6.07) is 15.3. The summed E-state index contributed by atoms with van der Waals surface area (Å²) in [5.74, 6) is 1.69. The molecule has 0 aliphatic carbocycles. The van der Waals surface area contributed by atoms with E-state index in [1.54, 1.807) is 0 Å². The van der Waals surface area contributed by atoms with Gasteiger partial charge in [0.25, 0.3) is 0 Å². The van der Waals surface area contributed by atoms with E-state index in [9.17, 15) is 0 Å². The molecule has 0 amide bonds. The molecule has 26 heavy (non-hydrogen) atoms. The maximum atomic E-state index is 5.40. The minimum absolute atomic E-state index is 0. The van der Waals surface area contributed by atoms with Crippen molar-refractivity contribution in [2.24, 2.45) is 0 Å². The van der Waals surface area contributed by atoms with E-state index < -0.39 is 0 Å². The molecule has 0 heterocycles. The summed E-state index contributed by atoms with van der Waals surface area (Å²) in [6.07, 6.45) is 0. The largest absolute Gasteiger partial charge is 3.00 e. The maximum Gasteiger partial charge on any atom is 3.00 e. The van der Waals surface area contributed by atoms with Crippen molar-refractivity contribution in [3.8, 4) is 11.5 Å². The molecule has 0 spiro atoms. The van der Waals surface area contributed by atoms with Crippen LogP contribution in [0.2, 0.25) is 0 Å². The second kappa shape index (κ2) is 16.4. The quantitative estimate of drug-likeness (QED) is 0.413. The molecule has 0 saturated heterocycles. The second-order valence-corrected chi connectivity index (χ2v) is 4.90. The molecule has 2 aromatic rings. The zero-order chi connectivity index (χ0) is 15.8. The number of nitrogens with one attached hydrogen (secondary N) is 2. The SMILES string of the molecule is CCOc1ccc(NC(=S)Nc2ccc(OCC)cc2)cc1.[Cl-].[Cl-].[Cl-].[V+3]. The summed E-state index contributed by atoms with van der Waals surface area (Å²) < 4.78 is 10.8. The van der Waals surface area contributed by atoms with Gasteiger partial charge in [-0.2, -0.15) is 0 Å². The average Bonchev–Trinajstić information content (AvgIpc) is 2.52. The van der Waals surface area contributed by atoms with Gasteiger partial charge in [-0.3, -0.25) is 0 Å². The van der Waals surface area contributed by atoms with Gasteiger partial charge in [0, 0.05) is 11.4 Å². The van der Waals surface area contributed by atoms with Gasteiger partial charge >= 0.3 is 18.6 Å². The van der Waals surface area contributed by atoms with Crippen LogP contribution in [0.25, 0.3) is 0 Å². The molecule has 9 heteroatoms. The molecule has 0 fully saturated rings. The van der Waals surface area contributed by atoms with Gasteiger partial charge in [-0.05, 0) is 74.6 Å². The standard InChI is InChI=1S/C17H20N2O2S.3ClH.V/c1-3-20-15-9-5-13(6-10-15)18-17(22)19-14-7-11-16(12-8-14)21-4-2;;;;/h5-12H,3-4H2,1-2H3,(H2,18,19,22);3*1H;/q;;;;+3/p-3. The Morgan fingerprint density at radius 2 is 1.04 bits per heavy atom. The van der Waals surface area contributed by atoms with Crippen LogP contribution >= 0.6 is 12.2 Å². The van der Waals surface area contributed by atoms with Crippen molar-refractivity contribution in [2.45, 2.75) is 13.8 Å². The Morgan fingerprint density at radius 1 is 0.731 bits per heavy atom. The Labute approximate surface area is 190 Å². The third kappa shape index (κ3) is 10.4. The first-order valence-electron chi connectivity index (χ1n) is 7.25. The van der Waals surface area contributed by atoms with E-state index in [-0.39, 0.29) is 55.8 Å². The summed E-state index contributed by atoms with van der Waals surface area (Å²) in [5.41, 5.74) is 1.82. The molecule has 0 aliphatic rings. The van der Waals surface area contributed by atoms with Crippen molar-refractivity contribution < 1.29 is 65.3 Å². The Kier molecular flexibility index (Phi) is 18.8. The van der Waals surface area contributed by atoms with Gasteiger partial charge in [-0.1, -0.05) is 0 Å². The van der Waals surface area contributed by atoms with Crippen molar-refractivity contribution in [2.75, 3.05) is 23.8 Å². The second-order valence-electron chi connectivity index (χ2n) is 4.49. The van der Waals surface area contributed by atoms with Crippen LogP contribution in [0, 0.1) is 0 Å². The first kappa shape index (κ1) is 29.9. The van der Waals surface area contributed by atoms with E-state index in [0.29, 0.717) is 18.3 Å².